The van der Waals surface area contributed by atoms with E-state index in [0.717, 1.165) is 6.54 Å². The van der Waals surface area contributed by atoms with E-state index in [1.807, 2.05) is 0 Å². The normalized spacial score (nSPS) is 28.1. The Morgan fingerprint density at radius 3 is 2.48 bits per heavy atom. The zero-order chi connectivity index (χ0) is 15.1. The molecule has 0 spiro atoms. The molecule has 1 heterocycles. The van der Waals surface area contributed by atoms with Crippen LogP contribution in [0.1, 0.15) is 71.6 Å². The van der Waals surface area contributed by atoms with Gasteiger partial charge in [-0.2, -0.15) is 0 Å². The van der Waals surface area contributed by atoms with Gasteiger partial charge >= 0.3 is 0 Å². The average molecular weight is 294 g/mol. The first-order valence-electron chi connectivity index (χ1n) is 8.99. The molecule has 3 N–H and O–H groups in total. The van der Waals surface area contributed by atoms with Gasteiger partial charge in [0.25, 0.3) is 0 Å². The van der Waals surface area contributed by atoms with Crippen molar-refractivity contribution in [1.82, 2.24) is 10.2 Å². The van der Waals surface area contributed by atoms with Crippen LogP contribution in [0.3, 0.4) is 0 Å². The van der Waals surface area contributed by atoms with Crippen molar-refractivity contribution in [3.8, 4) is 0 Å². The van der Waals surface area contributed by atoms with Crippen molar-refractivity contribution in [3.63, 3.8) is 0 Å². The molecule has 4 heteroatoms. The Labute approximate surface area is 130 Å². The van der Waals surface area contributed by atoms with Gasteiger partial charge in [-0.25, -0.2) is 0 Å². The third kappa shape index (κ3) is 5.50. The molecule has 0 bridgehead atoms. The average Bonchev–Trinajstić information content (AvgIpc) is 2.74. The summed E-state index contributed by atoms with van der Waals surface area (Å²) < 4.78 is 0. The van der Waals surface area contributed by atoms with Gasteiger partial charge in [0.2, 0.25) is 0 Å². The molecule has 1 aliphatic heterocycles. The number of nitrogens with zero attached hydrogens (tertiary/aromatic N) is 2. The van der Waals surface area contributed by atoms with Crippen LogP contribution in [-0.4, -0.2) is 42.1 Å². The van der Waals surface area contributed by atoms with Gasteiger partial charge in [-0.15, -0.1) is 0 Å². The van der Waals surface area contributed by atoms with E-state index in [-0.39, 0.29) is 0 Å². The van der Waals surface area contributed by atoms with Gasteiger partial charge in [0.05, 0.1) is 6.54 Å². The van der Waals surface area contributed by atoms with Crippen LogP contribution in [0, 0.1) is 0 Å². The van der Waals surface area contributed by atoms with Gasteiger partial charge in [-0.1, -0.05) is 32.1 Å². The van der Waals surface area contributed by atoms with Crippen LogP contribution in [0.15, 0.2) is 4.99 Å². The monoisotopic (exact) mass is 294 g/mol. The summed E-state index contributed by atoms with van der Waals surface area (Å²) in [5.41, 5.74) is 6.09. The molecule has 0 aromatic rings. The van der Waals surface area contributed by atoms with Crippen molar-refractivity contribution in [2.75, 3.05) is 13.1 Å². The van der Waals surface area contributed by atoms with Crippen molar-refractivity contribution in [2.45, 2.75) is 89.8 Å². The van der Waals surface area contributed by atoms with Gasteiger partial charge in [-0.3, -0.25) is 9.89 Å². The Bertz CT molecular complexity index is 321. The van der Waals surface area contributed by atoms with Crippen LogP contribution in [-0.2, 0) is 0 Å². The first kappa shape index (κ1) is 16.6. The molecule has 2 atom stereocenters. The summed E-state index contributed by atoms with van der Waals surface area (Å²) in [7, 11) is 0. The van der Waals surface area contributed by atoms with Gasteiger partial charge in [0, 0.05) is 18.1 Å². The Hall–Kier alpha value is -0.770. The fourth-order valence-electron chi connectivity index (χ4n) is 3.79. The van der Waals surface area contributed by atoms with Crippen LogP contribution >= 0.6 is 0 Å². The number of nitrogens with one attached hydrogen (secondary N) is 1. The third-order valence-corrected chi connectivity index (χ3v) is 5.15. The number of hydrogen-bond acceptors (Lipinski definition) is 2. The molecule has 0 aromatic carbocycles. The number of nitrogens with two attached hydrogens (primary N) is 1. The molecule has 1 saturated heterocycles. The second-order valence-corrected chi connectivity index (χ2v) is 6.99. The lowest BCUT2D eigenvalue weighted by molar-refractivity contribution is 0.118. The van der Waals surface area contributed by atoms with E-state index in [4.69, 9.17) is 5.73 Å². The number of rotatable bonds is 4. The molecule has 2 fully saturated rings. The smallest absolute Gasteiger partial charge is 0.188 e. The Kier molecular flexibility index (Phi) is 6.81. The molecular formula is C17H34N4. The summed E-state index contributed by atoms with van der Waals surface area (Å²) >= 11 is 0. The maximum absolute atomic E-state index is 6.09. The van der Waals surface area contributed by atoms with Crippen LogP contribution in [0.25, 0.3) is 0 Å². The van der Waals surface area contributed by atoms with Gasteiger partial charge in [-0.05, 0) is 46.1 Å². The lowest BCUT2D eigenvalue weighted by Crippen LogP contribution is -2.46. The molecule has 2 aliphatic rings. The fraction of sp³-hybridized carbons (Fsp3) is 0.941. The number of piperidine rings is 1. The molecule has 4 nitrogen and oxygen atoms in total. The molecule has 0 aromatic heterocycles. The minimum absolute atomic E-state index is 0.495. The Morgan fingerprint density at radius 2 is 1.81 bits per heavy atom. The first-order valence-corrected chi connectivity index (χ1v) is 8.99. The van der Waals surface area contributed by atoms with Gasteiger partial charge in [0.1, 0.15) is 0 Å². The minimum atomic E-state index is 0.495. The zero-order valence-electron chi connectivity index (χ0n) is 14.0. The maximum Gasteiger partial charge on any atom is 0.188 e. The van der Waals surface area contributed by atoms with Crippen LogP contribution in [0.2, 0.25) is 0 Å². The van der Waals surface area contributed by atoms with Crippen LogP contribution < -0.4 is 11.1 Å². The topological polar surface area (TPSA) is 53.6 Å². The van der Waals surface area contributed by atoms with Crippen molar-refractivity contribution >= 4 is 5.96 Å². The van der Waals surface area contributed by atoms with E-state index in [2.05, 4.69) is 29.1 Å². The summed E-state index contributed by atoms with van der Waals surface area (Å²) in [4.78, 5) is 7.19. The highest BCUT2D eigenvalue weighted by Gasteiger charge is 2.22. The number of guanidine groups is 1. The van der Waals surface area contributed by atoms with E-state index in [9.17, 15) is 0 Å². The van der Waals surface area contributed by atoms with Crippen LogP contribution in [0.5, 0.6) is 0 Å². The molecule has 2 rings (SSSR count). The standard InChI is InChI=1S/C17H34N4/c1-14-9-7-8-12-21(14)15(2)13-19-17(18)20-16-10-5-3-4-6-11-16/h14-16H,3-13H2,1-2H3,(H3,18,19,20). The first-order chi connectivity index (χ1) is 10.2. The number of hydrogen-bond donors (Lipinski definition) is 2. The van der Waals surface area contributed by atoms with E-state index < -0.39 is 0 Å². The van der Waals surface area contributed by atoms with Crippen molar-refractivity contribution in [3.05, 3.63) is 0 Å². The SMILES string of the molecule is CC1CCCCN1C(C)CN=C(N)NC1CCCCCC1. The molecule has 21 heavy (non-hydrogen) atoms. The lowest BCUT2D eigenvalue weighted by Gasteiger charge is -2.37. The lowest BCUT2D eigenvalue weighted by atomic mass is 10.0. The highest BCUT2D eigenvalue weighted by molar-refractivity contribution is 5.78. The molecule has 0 radical (unpaired) electrons. The Morgan fingerprint density at radius 1 is 1.14 bits per heavy atom. The quantitative estimate of drug-likeness (QED) is 0.476. The van der Waals surface area contributed by atoms with Gasteiger partial charge < -0.3 is 11.1 Å². The van der Waals surface area contributed by atoms with Crippen molar-refractivity contribution in [1.29, 1.82) is 0 Å². The highest BCUT2D eigenvalue weighted by atomic mass is 15.2. The molecule has 122 valence electrons. The summed E-state index contributed by atoms with van der Waals surface area (Å²) in [6.07, 6.45) is 11.9. The molecule has 1 aliphatic carbocycles. The Balaban J connectivity index is 1.76. The van der Waals surface area contributed by atoms with Crippen molar-refractivity contribution < 1.29 is 0 Å². The molecular weight excluding hydrogens is 260 g/mol. The second-order valence-electron chi connectivity index (χ2n) is 6.99. The maximum atomic E-state index is 6.09. The zero-order valence-corrected chi connectivity index (χ0v) is 14.0. The molecule has 1 saturated carbocycles. The van der Waals surface area contributed by atoms with E-state index in [1.54, 1.807) is 0 Å². The second kappa shape index (κ2) is 8.62. The number of likely N-dealkylation sites (tertiary alicyclic amines) is 1. The summed E-state index contributed by atoms with van der Waals surface area (Å²) in [6, 6.07) is 1.73. The highest BCUT2D eigenvalue weighted by Crippen LogP contribution is 2.19. The summed E-state index contributed by atoms with van der Waals surface area (Å²) in [5.74, 6) is 0.651. The predicted octanol–water partition coefficient (Wildman–Crippen LogP) is 2.88. The number of aliphatic imine (C=N–C) groups is 1. The third-order valence-electron chi connectivity index (χ3n) is 5.15. The van der Waals surface area contributed by atoms with E-state index >= 15 is 0 Å². The van der Waals surface area contributed by atoms with E-state index in [0.29, 0.717) is 24.1 Å². The molecule has 0 amide bonds. The molecule has 2 unspecified atom stereocenters. The van der Waals surface area contributed by atoms with Crippen LogP contribution in [0.4, 0.5) is 0 Å². The van der Waals surface area contributed by atoms with Gasteiger partial charge in [0.15, 0.2) is 5.96 Å². The van der Waals surface area contributed by atoms with Crippen molar-refractivity contribution in [2.24, 2.45) is 10.7 Å². The minimum Gasteiger partial charge on any atom is -0.370 e. The summed E-state index contributed by atoms with van der Waals surface area (Å²) in [5, 5.41) is 3.44. The summed E-state index contributed by atoms with van der Waals surface area (Å²) in [6.45, 7) is 6.65. The fourth-order valence-corrected chi connectivity index (χ4v) is 3.79. The van der Waals surface area contributed by atoms with E-state index in [1.165, 1.54) is 64.3 Å². The predicted molar refractivity (Wildman–Crippen MR) is 90.6 cm³/mol. The largest absolute Gasteiger partial charge is 0.370 e.